The van der Waals surface area contributed by atoms with Gasteiger partial charge in [-0.05, 0) is 37.7 Å². The highest BCUT2D eigenvalue weighted by Gasteiger charge is 2.24. The van der Waals surface area contributed by atoms with E-state index in [-0.39, 0.29) is 11.6 Å². The molecule has 0 heterocycles. The van der Waals surface area contributed by atoms with Crippen molar-refractivity contribution in [3.05, 3.63) is 45.5 Å². The maximum absolute atomic E-state index is 13.8. The number of hydrogen-bond acceptors (Lipinski definition) is 3. The minimum atomic E-state index is -1.19. The molecule has 0 saturated carbocycles. The first-order chi connectivity index (χ1) is 9.88. The lowest BCUT2D eigenvalue weighted by atomic mass is 9.83. The van der Waals surface area contributed by atoms with E-state index in [0.717, 1.165) is 25.0 Å². The lowest BCUT2D eigenvalue weighted by Crippen LogP contribution is -2.21. The Morgan fingerprint density at radius 1 is 1.43 bits per heavy atom. The molecule has 1 N–H and O–H groups in total. The third-order valence-corrected chi connectivity index (χ3v) is 3.72. The number of rotatable bonds is 4. The number of nitro benzene ring substituents is 1. The van der Waals surface area contributed by atoms with Crippen LogP contribution >= 0.6 is 0 Å². The minimum absolute atomic E-state index is 0.257. The van der Waals surface area contributed by atoms with Crippen LogP contribution in [0.15, 0.2) is 23.8 Å². The van der Waals surface area contributed by atoms with Gasteiger partial charge in [0.15, 0.2) is 17.3 Å². The zero-order valence-electron chi connectivity index (χ0n) is 12.0. The number of benzene rings is 1. The van der Waals surface area contributed by atoms with Gasteiger partial charge in [-0.2, -0.15) is 0 Å². The fourth-order valence-electron chi connectivity index (χ4n) is 2.95. The molecule has 0 aromatic heterocycles. The second kappa shape index (κ2) is 6.20. The lowest BCUT2D eigenvalue weighted by molar-refractivity contribution is -0.384. The number of allylic oxidation sites excluding steroid dienone is 2. The van der Waals surface area contributed by atoms with Crippen molar-refractivity contribution in [2.24, 2.45) is 11.8 Å². The summed E-state index contributed by atoms with van der Waals surface area (Å²) in [5, 5.41) is 13.6. The summed E-state index contributed by atoms with van der Waals surface area (Å²) in [7, 11) is 0. The predicted octanol–water partition coefficient (Wildman–Crippen LogP) is 4.28. The third kappa shape index (κ3) is 3.56. The first-order valence-corrected chi connectivity index (χ1v) is 6.92. The molecule has 0 bridgehead atoms. The van der Waals surface area contributed by atoms with Crippen LogP contribution in [0.25, 0.3) is 0 Å². The van der Waals surface area contributed by atoms with Crippen molar-refractivity contribution in [1.29, 1.82) is 0 Å². The van der Waals surface area contributed by atoms with Gasteiger partial charge < -0.3 is 5.32 Å². The molecule has 0 fully saturated rings. The van der Waals surface area contributed by atoms with E-state index in [0.29, 0.717) is 12.5 Å². The summed E-state index contributed by atoms with van der Waals surface area (Å²) in [6, 6.07) is 1.75. The van der Waals surface area contributed by atoms with E-state index in [2.05, 4.69) is 18.3 Å². The topological polar surface area (TPSA) is 55.2 Å². The lowest BCUT2D eigenvalue weighted by Gasteiger charge is -2.26. The molecule has 6 heteroatoms. The Labute approximate surface area is 122 Å². The second-order valence-corrected chi connectivity index (χ2v) is 5.69. The number of nitrogens with zero attached hydrogens (tertiary/aromatic N) is 1. The molecule has 1 aliphatic carbocycles. The Kier molecular flexibility index (Phi) is 4.55. The van der Waals surface area contributed by atoms with E-state index >= 15 is 0 Å². The van der Waals surface area contributed by atoms with Gasteiger partial charge in [-0.1, -0.05) is 18.6 Å². The molecule has 1 aromatic rings. The molecule has 1 aliphatic rings. The van der Waals surface area contributed by atoms with Crippen molar-refractivity contribution in [2.75, 3.05) is 11.9 Å². The molecule has 114 valence electrons. The zero-order chi connectivity index (χ0) is 15.6. The van der Waals surface area contributed by atoms with Crippen LogP contribution in [0, 0.1) is 33.6 Å². The molecular formula is C15H18F2N2O2. The smallest absolute Gasteiger partial charge is 0.295 e. The number of halogens is 2. The molecule has 2 atom stereocenters. The number of nitrogens with one attached hydrogen (secondary N) is 1. The highest BCUT2D eigenvalue weighted by Crippen LogP contribution is 2.32. The van der Waals surface area contributed by atoms with Crippen LogP contribution in [0.3, 0.4) is 0 Å². The summed E-state index contributed by atoms with van der Waals surface area (Å²) < 4.78 is 27.0. The second-order valence-electron chi connectivity index (χ2n) is 5.69. The number of hydrogen-bond donors (Lipinski definition) is 1. The fraction of sp³-hybridized carbons (Fsp3) is 0.467. The van der Waals surface area contributed by atoms with Crippen LogP contribution in [0.2, 0.25) is 0 Å². The fourth-order valence-corrected chi connectivity index (χ4v) is 2.95. The average molecular weight is 296 g/mol. The van der Waals surface area contributed by atoms with Gasteiger partial charge in [0.2, 0.25) is 0 Å². The summed E-state index contributed by atoms with van der Waals surface area (Å²) in [6.07, 6.45) is 3.98. The van der Waals surface area contributed by atoms with Crippen LogP contribution in [-0.2, 0) is 0 Å². The summed E-state index contributed by atoms with van der Waals surface area (Å²) in [4.78, 5) is 10.2. The molecule has 1 aromatic carbocycles. The highest BCUT2D eigenvalue weighted by molar-refractivity contribution is 5.62. The largest absolute Gasteiger partial charge is 0.377 e. The molecular weight excluding hydrogens is 278 g/mol. The molecule has 21 heavy (non-hydrogen) atoms. The average Bonchev–Trinajstić information content (AvgIpc) is 2.39. The number of nitro groups is 1. The van der Waals surface area contributed by atoms with Gasteiger partial charge in [0, 0.05) is 12.6 Å². The Bertz CT molecular complexity index is 587. The predicted molar refractivity (Wildman–Crippen MR) is 77.1 cm³/mol. The van der Waals surface area contributed by atoms with Crippen molar-refractivity contribution in [3.8, 4) is 0 Å². The van der Waals surface area contributed by atoms with Gasteiger partial charge in [0.1, 0.15) is 0 Å². The quantitative estimate of drug-likeness (QED) is 0.512. The van der Waals surface area contributed by atoms with Gasteiger partial charge in [0.25, 0.3) is 5.69 Å². The summed E-state index contributed by atoms with van der Waals surface area (Å²) >= 11 is 0. The van der Waals surface area contributed by atoms with E-state index in [1.54, 1.807) is 0 Å². The normalized spacial score (nSPS) is 21.8. The zero-order valence-corrected chi connectivity index (χ0v) is 12.0. The molecule has 0 saturated heterocycles. The maximum atomic E-state index is 13.8. The molecule has 4 nitrogen and oxygen atoms in total. The van der Waals surface area contributed by atoms with Crippen LogP contribution in [-0.4, -0.2) is 11.5 Å². The Morgan fingerprint density at radius 2 is 2.14 bits per heavy atom. The Morgan fingerprint density at radius 3 is 2.76 bits per heavy atom. The first-order valence-electron chi connectivity index (χ1n) is 6.92. The SMILES string of the molecule is CC1=CC(C)CC(CNc2c([N+](=O)[O-])ccc(F)c2F)C1. The van der Waals surface area contributed by atoms with E-state index in [1.165, 1.54) is 5.57 Å². The first kappa shape index (κ1) is 15.4. The van der Waals surface area contributed by atoms with E-state index in [4.69, 9.17) is 0 Å². The van der Waals surface area contributed by atoms with Gasteiger partial charge in [-0.25, -0.2) is 8.78 Å². The number of anilines is 1. The van der Waals surface area contributed by atoms with Gasteiger partial charge >= 0.3 is 0 Å². The van der Waals surface area contributed by atoms with E-state index < -0.39 is 22.2 Å². The van der Waals surface area contributed by atoms with Crippen LogP contribution in [0.4, 0.5) is 20.2 Å². The van der Waals surface area contributed by atoms with Crippen molar-refractivity contribution in [3.63, 3.8) is 0 Å². The van der Waals surface area contributed by atoms with Gasteiger partial charge in [-0.3, -0.25) is 10.1 Å². The van der Waals surface area contributed by atoms with E-state index in [1.807, 2.05) is 6.92 Å². The van der Waals surface area contributed by atoms with Gasteiger partial charge in [0.05, 0.1) is 4.92 Å². The monoisotopic (exact) mass is 296 g/mol. The molecule has 0 radical (unpaired) electrons. The van der Waals surface area contributed by atoms with Crippen molar-refractivity contribution < 1.29 is 13.7 Å². The van der Waals surface area contributed by atoms with Crippen molar-refractivity contribution in [1.82, 2.24) is 0 Å². The van der Waals surface area contributed by atoms with Crippen molar-refractivity contribution in [2.45, 2.75) is 26.7 Å². The molecule has 0 amide bonds. The standard InChI is InChI=1S/C15H18F2N2O2/c1-9-5-10(2)7-11(6-9)8-18-15-13(19(20)21)4-3-12(16)14(15)17/h3-5,9,11,18H,6-8H2,1-2H3. The summed E-state index contributed by atoms with van der Waals surface area (Å²) in [6.45, 7) is 4.52. The van der Waals surface area contributed by atoms with Crippen LogP contribution < -0.4 is 5.32 Å². The summed E-state index contributed by atoms with van der Waals surface area (Å²) in [5.74, 6) is -1.60. The summed E-state index contributed by atoms with van der Waals surface area (Å²) in [5.41, 5.74) is 0.458. The molecule has 2 unspecified atom stereocenters. The molecule has 2 rings (SSSR count). The minimum Gasteiger partial charge on any atom is -0.377 e. The van der Waals surface area contributed by atoms with E-state index in [9.17, 15) is 18.9 Å². The van der Waals surface area contributed by atoms with Gasteiger partial charge in [-0.15, -0.1) is 0 Å². The van der Waals surface area contributed by atoms with Crippen LogP contribution in [0.1, 0.15) is 26.7 Å². The Hall–Kier alpha value is -1.98. The van der Waals surface area contributed by atoms with Crippen LogP contribution in [0.5, 0.6) is 0 Å². The molecule has 0 aliphatic heterocycles. The third-order valence-electron chi connectivity index (χ3n) is 3.72. The maximum Gasteiger partial charge on any atom is 0.295 e. The van der Waals surface area contributed by atoms with Crippen molar-refractivity contribution >= 4 is 11.4 Å². The highest BCUT2D eigenvalue weighted by atomic mass is 19.2. The molecule has 0 spiro atoms. The Balaban J connectivity index is 2.15.